The fraction of sp³-hybridized carbons (Fsp3) is 0.00917. The van der Waals surface area contributed by atoms with Gasteiger partial charge in [-0.2, -0.15) is 0 Å². The Morgan fingerprint density at radius 1 is 0.289 bits per heavy atom. The van der Waals surface area contributed by atoms with Crippen LogP contribution in [0.25, 0.3) is 185 Å². The van der Waals surface area contributed by atoms with Gasteiger partial charge in [-0.05, 0) is 215 Å². The molecule has 0 unspecified atom stereocenters. The van der Waals surface area contributed by atoms with Crippen LogP contribution in [0.2, 0.25) is 0 Å². The lowest BCUT2D eigenvalue weighted by Gasteiger charge is -2.30. The van der Waals surface area contributed by atoms with Crippen molar-refractivity contribution in [3.8, 4) is 89.0 Å². The largest absolute Gasteiger partial charge is 0.456 e. The van der Waals surface area contributed by atoms with Gasteiger partial charge >= 0.3 is 0 Å². The van der Waals surface area contributed by atoms with Crippen LogP contribution < -0.4 is 9.80 Å². The number of allylic oxidation sites excluding steroid dienone is 1. The van der Waals surface area contributed by atoms with Crippen molar-refractivity contribution in [3.63, 3.8) is 0 Å². The van der Waals surface area contributed by atoms with Gasteiger partial charge in [-0.25, -0.2) is 0 Å². The molecular formula is C109H72N2OS2. The Bertz CT molecular complexity index is 7390. The highest BCUT2D eigenvalue weighted by molar-refractivity contribution is 7.26. The van der Waals surface area contributed by atoms with E-state index in [0.29, 0.717) is 0 Å². The number of anilines is 5. The summed E-state index contributed by atoms with van der Waals surface area (Å²) in [5, 5.41) is 13.3. The third kappa shape index (κ3) is 12.0. The van der Waals surface area contributed by atoms with Crippen LogP contribution >= 0.6 is 22.7 Å². The smallest absolute Gasteiger partial charge is 0.135 e. The average Bonchev–Trinajstić information content (AvgIpc) is 1.61. The zero-order chi connectivity index (χ0) is 75.7. The fourth-order valence-electron chi connectivity index (χ4n) is 17.4. The van der Waals surface area contributed by atoms with E-state index in [1.165, 1.54) is 112 Å². The Kier molecular flexibility index (Phi) is 17.0. The molecule has 0 saturated heterocycles. The van der Waals surface area contributed by atoms with Crippen molar-refractivity contribution in [2.75, 3.05) is 9.80 Å². The molecule has 3 nitrogen and oxygen atoms in total. The predicted octanol–water partition coefficient (Wildman–Crippen LogP) is 32.3. The zero-order valence-corrected chi connectivity index (χ0v) is 64.1. The molecule has 21 rings (SSSR count). The van der Waals surface area contributed by atoms with E-state index in [-0.39, 0.29) is 0 Å². The minimum absolute atomic E-state index is 0.730. The molecule has 0 bridgehead atoms. The van der Waals surface area contributed by atoms with Crippen LogP contribution in [0.1, 0.15) is 18.2 Å². The van der Waals surface area contributed by atoms with Crippen molar-refractivity contribution in [1.82, 2.24) is 0 Å². The molecule has 0 spiro atoms. The van der Waals surface area contributed by atoms with Crippen LogP contribution in [0, 0.1) is 0 Å². The van der Waals surface area contributed by atoms with E-state index in [1.807, 2.05) is 40.9 Å². The lowest BCUT2D eigenvalue weighted by atomic mass is 9.90. The summed E-state index contributed by atoms with van der Waals surface area (Å²) in [5.41, 5.74) is 26.7. The van der Waals surface area contributed by atoms with Gasteiger partial charge in [-0.15, -0.1) is 22.7 Å². The van der Waals surface area contributed by atoms with E-state index in [4.69, 9.17) is 4.42 Å². The number of hydrogen-bond acceptors (Lipinski definition) is 5. The lowest BCUT2D eigenvalue weighted by molar-refractivity contribution is 0.603. The van der Waals surface area contributed by atoms with Crippen LogP contribution in [-0.2, 0) is 0 Å². The van der Waals surface area contributed by atoms with Gasteiger partial charge in [-0.3, -0.25) is 0 Å². The highest BCUT2D eigenvalue weighted by Crippen LogP contribution is 2.52. The van der Waals surface area contributed by atoms with E-state index >= 15 is 0 Å². The topological polar surface area (TPSA) is 19.6 Å². The molecule has 18 aromatic carbocycles. The van der Waals surface area contributed by atoms with Crippen molar-refractivity contribution in [2.45, 2.75) is 6.92 Å². The summed E-state index contributed by atoms with van der Waals surface area (Å²) in [7, 11) is 0. The maximum Gasteiger partial charge on any atom is 0.135 e. The molecule has 3 aromatic heterocycles. The molecule has 3 heterocycles. The second-order valence-electron chi connectivity index (χ2n) is 29.4. The normalized spacial score (nSPS) is 11.8. The summed E-state index contributed by atoms with van der Waals surface area (Å²) in [6, 6.07) is 145. The zero-order valence-electron chi connectivity index (χ0n) is 62.5. The first-order chi connectivity index (χ1) is 56.4. The summed E-state index contributed by atoms with van der Waals surface area (Å²) in [6.07, 6.45) is 4.11. The lowest BCUT2D eigenvalue weighted by Crippen LogP contribution is -2.15. The molecular weight excluding hydrogens is 1420 g/mol. The number of furan rings is 1. The second-order valence-corrected chi connectivity index (χ2v) is 31.6. The van der Waals surface area contributed by atoms with Gasteiger partial charge in [-0.1, -0.05) is 310 Å². The quantitative estimate of drug-likeness (QED) is 0.0961. The van der Waals surface area contributed by atoms with Gasteiger partial charge < -0.3 is 14.2 Å². The van der Waals surface area contributed by atoms with Crippen molar-refractivity contribution in [1.29, 1.82) is 0 Å². The molecule has 114 heavy (non-hydrogen) atoms. The molecule has 0 aliphatic heterocycles. The first kappa shape index (κ1) is 67.9. The number of hydrogen-bond donors (Lipinski definition) is 0. The standard InChI is InChI=1S/C109H72N2OS2/c1-3-102-99(92-34-12-16-43-103(92)112-102)65-70(2)110(100-41-14-10-32-90(100)93-37-21-45-105-107(93)96-35-13-17-44-104(96)113-105)86-63-64-89(98(69-86)83-54-50-72-24-5-7-27-79(72)68-83)95-39-20-40-97-108-94(38-22-46-106(108)114-109(95)97)91-33-11-15-42-101(91)111(84-59-55-74(56-60-84)73-47-51-77(52-48-73)88-36-19-28-76-25-8-9-31-87(76)88)85-61-57-75(58-62-85)80-29-18-30-81(66-80)82-53-49-71-23-4-6-26-78(71)67-82/h3-69H,1H2,2H3/b70-65+. The predicted molar refractivity (Wildman–Crippen MR) is 491 cm³/mol. The monoisotopic (exact) mass is 1490 g/mol. The summed E-state index contributed by atoms with van der Waals surface area (Å²) < 4.78 is 11.5. The van der Waals surface area contributed by atoms with Crippen LogP contribution in [-0.4, -0.2) is 0 Å². The molecule has 0 saturated carbocycles. The third-order valence-electron chi connectivity index (χ3n) is 22.8. The molecule has 0 aliphatic carbocycles. The summed E-state index contributed by atoms with van der Waals surface area (Å²) in [6.45, 7) is 6.49. The van der Waals surface area contributed by atoms with E-state index in [2.05, 4.69) is 412 Å². The summed E-state index contributed by atoms with van der Waals surface area (Å²) in [5.74, 6) is 0.730. The highest BCUT2D eigenvalue weighted by atomic mass is 32.1. The highest BCUT2D eigenvalue weighted by Gasteiger charge is 2.26. The van der Waals surface area contributed by atoms with Crippen LogP contribution in [0.3, 0.4) is 0 Å². The number of para-hydroxylation sites is 3. The van der Waals surface area contributed by atoms with E-state index in [0.717, 1.165) is 106 Å². The fourth-order valence-corrected chi connectivity index (χ4v) is 19.8. The second kappa shape index (κ2) is 28.6. The molecule has 0 atom stereocenters. The van der Waals surface area contributed by atoms with E-state index < -0.39 is 0 Å². The number of thiophene rings is 2. The Hall–Kier alpha value is -14.2. The van der Waals surface area contributed by atoms with Gasteiger partial charge in [0.1, 0.15) is 11.3 Å². The maximum absolute atomic E-state index is 6.52. The van der Waals surface area contributed by atoms with Gasteiger partial charge in [0.15, 0.2) is 0 Å². The van der Waals surface area contributed by atoms with Crippen LogP contribution in [0.4, 0.5) is 28.4 Å². The first-order valence-electron chi connectivity index (χ1n) is 38.9. The first-order valence-corrected chi connectivity index (χ1v) is 40.5. The van der Waals surface area contributed by atoms with E-state index in [1.54, 1.807) is 0 Å². The maximum atomic E-state index is 6.52. The van der Waals surface area contributed by atoms with Gasteiger partial charge in [0.2, 0.25) is 0 Å². The van der Waals surface area contributed by atoms with Crippen molar-refractivity contribution >= 4 is 147 Å². The van der Waals surface area contributed by atoms with Crippen molar-refractivity contribution in [3.05, 3.63) is 418 Å². The Morgan fingerprint density at radius 2 is 0.746 bits per heavy atom. The average molecular weight is 1490 g/mol. The van der Waals surface area contributed by atoms with Crippen LogP contribution in [0.5, 0.6) is 0 Å². The number of benzene rings is 18. The molecule has 536 valence electrons. The van der Waals surface area contributed by atoms with Gasteiger partial charge in [0.25, 0.3) is 0 Å². The summed E-state index contributed by atoms with van der Waals surface area (Å²) >= 11 is 3.72. The van der Waals surface area contributed by atoms with E-state index in [9.17, 15) is 0 Å². The minimum atomic E-state index is 0.730. The Labute approximate surface area is 670 Å². The van der Waals surface area contributed by atoms with Crippen molar-refractivity contribution in [2.24, 2.45) is 0 Å². The number of nitrogens with zero attached hydrogens (tertiary/aromatic N) is 2. The molecule has 0 fully saturated rings. The van der Waals surface area contributed by atoms with Crippen molar-refractivity contribution < 1.29 is 4.42 Å². The molecule has 0 N–H and O–H groups in total. The molecule has 0 radical (unpaired) electrons. The number of fused-ring (bicyclic) bond motifs is 10. The third-order valence-corrected chi connectivity index (χ3v) is 25.2. The van der Waals surface area contributed by atoms with Gasteiger partial charge in [0, 0.05) is 90.7 Å². The Balaban J connectivity index is 0.710. The van der Waals surface area contributed by atoms with Crippen LogP contribution in [0.15, 0.2) is 411 Å². The number of rotatable bonds is 16. The molecule has 0 amide bonds. The molecule has 21 aromatic rings. The minimum Gasteiger partial charge on any atom is -0.456 e. The molecule has 0 aliphatic rings. The molecule has 5 heteroatoms. The SMILES string of the molecule is C=Cc1oc2ccccc2c1/C=C(\C)N(c1ccc(-c2cccc3c2sc2cccc(-c4ccccc4N(c4ccc(-c5ccc(-c6cccc7ccccc67)cc5)cc4)c4ccc(-c5cccc(-c6ccc7ccccc7c6)c5)cc4)c23)c(-c2ccc3ccccc3c2)c1)c1ccccc1-c1cccc2sc3ccccc3c12. The van der Waals surface area contributed by atoms with Gasteiger partial charge in [0.05, 0.1) is 11.4 Å². The summed E-state index contributed by atoms with van der Waals surface area (Å²) in [4.78, 5) is 4.91. The Morgan fingerprint density at radius 3 is 1.46 bits per heavy atom.